The number of carbonyl (C=O) groups excluding carboxylic acids is 1. The van der Waals surface area contributed by atoms with E-state index < -0.39 is 0 Å². The molecule has 0 spiro atoms. The zero-order valence-corrected chi connectivity index (χ0v) is 17.5. The molecule has 1 amide bonds. The Kier molecular flexibility index (Phi) is 4.20. The second-order valence-electron chi connectivity index (χ2n) is 8.57. The van der Waals surface area contributed by atoms with Crippen molar-refractivity contribution in [3.05, 3.63) is 87.0 Å². The molecule has 0 fully saturated rings. The Labute approximate surface area is 179 Å². The van der Waals surface area contributed by atoms with E-state index in [0.29, 0.717) is 0 Å². The monoisotopic (exact) mass is 418 g/mol. The van der Waals surface area contributed by atoms with Crippen LogP contribution < -0.4 is 10.2 Å². The predicted octanol–water partition coefficient (Wildman–Crippen LogP) is 5.18. The Morgan fingerprint density at radius 1 is 1.07 bits per heavy atom. The fraction of sp³-hybridized carbons (Fsp3) is 0.320. The molecule has 3 aliphatic rings. The lowest BCUT2D eigenvalue weighted by molar-refractivity contribution is 0.0915. The Balaban J connectivity index is 1.45. The van der Waals surface area contributed by atoms with Crippen LogP contribution in [0, 0.1) is 5.82 Å². The molecule has 0 radical (unpaired) electrons. The lowest BCUT2D eigenvalue weighted by atomic mass is 9.81. The summed E-state index contributed by atoms with van der Waals surface area (Å²) in [6.07, 6.45) is 5.18. The van der Waals surface area contributed by atoms with Gasteiger partial charge in [0, 0.05) is 17.3 Å². The van der Waals surface area contributed by atoms with Gasteiger partial charge in [0.25, 0.3) is 5.91 Å². The van der Waals surface area contributed by atoms with Gasteiger partial charge in [0.15, 0.2) is 0 Å². The summed E-state index contributed by atoms with van der Waals surface area (Å²) in [5.74, 6) is -0.0185. The summed E-state index contributed by atoms with van der Waals surface area (Å²) in [5.41, 5.74) is 5.89. The first-order valence-corrected chi connectivity index (χ1v) is 11.5. The maximum atomic E-state index is 13.4. The first kappa shape index (κ1) is 18.1. The van der Waals surface area contributed by atoms with Crippen LogP contribution in [0.4, 0.5) is 9.39 Å². The van der Waals surface area contributed by atoms with E-state index in [0.717, 1.165) is 41.9 Å². The van der Waals surface area contributed by atoms with Crippen LogP contribution in [0.2, 0.25) is 0 Å². The number of amides is 1. The highest BCUT2D eigenvalue weighted by Gasteiger charge is 2.43. The highest BCUT2D eigenvalue weighted by molar-refractivity contribution is 7.16. The summed E-state index contributed by atoms with van der Waals surface area (Å²) in [4.78, 5) is 17.1. The average molecular weight is 419 g/mol. The van der Waals surface area contributed by atoms with Crippen LogP contribution in [0.25, 0.3) is 0 Å². The summed E-state index contributed by atoms with van der Waals surface area (Å²) >= 11 is 1.83. The largest absolute Gasteiger partial charge is 0.338 e. The van der Waals surface area contributed by atoms with Crippen molar-refractivity contribution in [3.63, 3.8) is 0 Å². The van der Waals surface area contributed by atoms with E-state index in [2.05, 4.69) is 34.5 Å². The minimum atomic E-state index is -0.218. The predicted molar refractivity (Wildman–Crippen MR) is 118 cm³/mol. The van der Waals surface area contributed by atoms with Gasteiger partial charge in [-0.25, -0.2) is 4.39 Å². The standard InChI is InChI=1S/C25H23FN2OS/c26-17-11-9-15(10-12-17)13-20-18-6-2-1-5-16(18)14-28-23(20)27-24(29)22-19-7-3-4-8-21(19)30-25(22)28/h1-2,5-6,9-12,20,23H,3-4,7-8,13-14H2,(H,27,29). The topological polar surface area (TPSA) is 32.3 Å². The number of nitrogens with one attached hydrogen (secondary N) is 1. The van der Waals surface area contributed by atoms with E-state index >= 15 is 0 Å². The van der Waals surface area contributed by atoms with Gasteiger partial charge in [0.1, 0.15) is 17.0 Å². The van der Waals surface area contributed by atoms with Crippen LogP contribution in [0.15, 0.2) is 48.5 Å². The van der Waals surface area contributed by atoms with Crippen molar-refractivity contribution in [2.75, 3.05) is 4.90 Å². The third-order valence-corrected chi connectivity index (χ3v) is 8.13. The molecule has 5 heteroatoms. The molecule has 0 saturated heterocycles. The zero-order valence-electron chi connectivity index (χ0n) is 16.7. The second kappa shape index (κ2) is 6.95. The van der Waals surface area contributed by atoms with Crippen LogP contribution in [0.5, 0.6) is 0 Å². The lowest BCUT2D eigenvalue weighted by Crippen LogP contribution is -2.57. The molecule has 2 atom stereocenters. The molecule has 6 rings (SSSR count). The number of nitrogens with zero attached hydrogens (tertiary/aromatic N) is 1. The number of fused-ring (bicyclic) bond motifs is 6. The molecule has 1 aromatic heterocycles. The van der Waals surface area contributed by atoms with Gasteiger partial charge >= 0.3 is 0 Å². The quantitative estimate of drug-likeness (QED) is 0.622. The van der Waals surface area contributed by atoms with Gasteiger partial charge in [-0.15, -0.1) is 11.3 Å². The average Bonchev–Trinajstić information content (AvgIpc) is 3.16. The van der Waals surface area contributed by atoms with Crippen LogP contribution >= 0.6 is 11.3 Å². The molecular formula is C25H23FN2OS. The van der Waals surface area contributed by atoms with E-state index in [9.17, 15) is 9.18 Å². The fourth-order valence-corrected chi connectivity index (χ4v) is 6.80. The molecule has 0 saturated carbocycles. The van der Waals surface area contributed by atoms with E-state index in [1.807, 2.05) is 23.5 Å². The first-order chi connectivity index (χ1) is 14.7. The number of halogens is 1. The van der Waals surface area contributed by atoms with Crippen molar-refractivity contribution < 1.29 is 9.18 Å². The minimum absolute atomic E-state index is 0.0779. The van der Waals surface area contributed by atoms with Gasteiger partial charge in [-0.2, -0.15) is 0 Å². The molecule has 30 heavy (non-hydrogen) atoms. The summed E-state index contributed by atoms with van der Waals surface area (Å²) in [7, 11) is 0. The smallest absolute Gasteiger partial charge is 0.256 e. The number of carbonyl (C=O) groups is 1. The molecule has 2 aliphatic heterocycles. The second-order valence-corrected chi connectivity index (χ2v) is 9.66. The Morgan fingerprint density at radius 3 is 2.73 bits per heavy atom. The normalized spacial score (nSPS) is 21.9. The van der Waals surface area contributed by atoms with Gasteiger partial charge in [-0.1, -0.05) is 36.4 Å². The highest BCUT2D eigenvalue weighted by atomic mass is 32.1. The number of rotatable bonds is 2. The number of thiophene rings is 1. The highest BCUT2D eigenvalue weighted by Crippen LogP contribution is 2.47. The summed E-state index contributed by atoms with van der Waals surface area (Å²) in [5, 5.41) is 4.50. The van der Waals surface area contributed by atoms with E-state index in [-0.39, 0.29) is 23.8 Å². The van der Waals surface area contributed by atoms with Crippen molar-refractivity contribution in [1.82, 2.24) is 5.32 Å². The van der Waals surface area contributed by atoms with Gasteiger partial charge in [-0.05, 0) is 66.5 Å². The third kappa shape index (κ3) is 2.79. The molecule has 0 bridgehead atoms. The number of anilines is 1. The number of benzene rings is 2. The Bertz CT molecular complexity index is 1140. The van der Waals surface area contributed by atoms with Crippen molar-refractivity contribution in [2.45, 2.75) is 50.7 Å². The van der Waals surface area contributed by atoms with Crippen LogP contribution in [-0.2, 0) is 25.8 Å². The van der Waals surface area contributed by atoms with Crippen molar-refractivity contribution in [1.29, 1.82) is 0 Å². The molecule has 3 heterocycles. The summed E-state index contributed by atoms with van der Waals surface area (Å²) in [6, 6.07) is 15.3. The number of aryl methyl sites for hydroxylation is 1. The maximum absolute atomic E-state index is 13.4. The molecular weight excluding hydrogens is 395 g/mol. The molecule has 2 unspecified atom stereocenters. The van der Waals surface area contributed by atoms with Crippen LogP contribution in [-0.4, -0.2) is 12.1 Å². The van der Waals surface area contributed by atoms with E-state index in [4.69, 9.17) is 0 Å². The summed E-state index contributed by atoms with van der Waals surface area (Å²) < 4.78 is 13.4. The Morgan fingerprint density at radius 2 is 1.87 bits per heavy atom. The van der Waals surface area contributed by atoms with Gasteiger partial charge in [0.2, 0.25) is 0 Å². The zero-order chi connectivity index (χ0) is 20.2. The number of hydrogen-bond acceptors (Lipinski definition) is 3. The molecule has 2 aromatic carbocycles. The van der Waals surface area contributed by atoms with Crippen LogP contribution in [0.3, 0.4) is 0 Å². The molecule has 1 N–H and O–H groups in total. The van der Waals surface area contributed by atoms with Crippen molar-refractivity contribution in [2.24, 2.45) is 0 Å². The van der Waals surface area contributed by atoms with E-state index in [1.54, 1.807) is 0 Å². The summed E-state index contributed by atoms with van der Waals surface area (Å²) in [6.45, 7) is 0.813. The Hall–Kier alpha value is -2.66. The van der Waals surface area contributed by atoms with Gasteiger partial charge in [-0.3, -0.25) is 4.79 Å². The fourth-order valence-electron chi connectivity index (χ4n) is 5.38. The minimum Gasteiger partial charge on any atom is -0.338 e. The molecule has 3 aromatic rings. The molecule has 1 aliphatic carbocycles. The molecule has 152 valence electrons. The number of hydrogen-bond donors (Lipinski definition) is 1. The first-order valence-electron chi connectivity index (χ1n) is 10.7. The maximum Gasteiger partial charge on any atom is 0.256 e. The van der Waals surface area contributed by atoms with E-state index in [1.165, 1.54) is 46.5 Å². The lowest BCUT2D eigenvalue weighted by Gasteiger charge is -2.46. The third-order valence-electron chi connectivity index (χ3n) is 6.80. The van der Waals surface area contributed by atoms with Gasteiger partial charge in [0.05, 0.1) is 5.56 Å². The van der Waals surface area contributed by atoms with Crippen LogP contribution in [0.1, 0.15) is 56.2 Å². The van der Waals surface area contributed by atoms with Crippen molar-refractivity contribution >= 4 is 22.2 Å². The van der Waals surface area contributed by atoms with Crippen molar-refractivity contribution in [3.8, 4) is 0 Å². The SMILES string of the molecule is O=C1NC2C(Cc3ccc(F)cc3)c3ccccc3CN2c2sc3c(c21)CCCC3. The van der Waals surface area contributed by atoms with Gasteiger partial charge < -0.3 is 10.2 Å². The molecule has 3 nitrogen and oxygen atoms in total.